The van der Waals surface area contributed by atoms with Gasteiger partial charge in [0.05, 0.1) is 27.8 Å². The summed E-state index contributed by atoms with van der Waals surface area (Å²) in [6.07, 6.45) is 2.72. The van der Waals surface area contributed by atoms with E-state index in [2.05, 4.69) is 28.0 Å². The molecule has 6 heteroatoms. The molecule has 0 unspecified atom stereocenters. The topological polar surface area (TPSA) is 39.8 Å². The van der Waals surface area contributed by atoms with Crippen LogP contribution >= 0.6 is 27.3 Å². The van der Waals surface area contributed by atoms with Crippen molar-refractivity contribution in [3.8, 4) is 0 Å². The normalized spacial score (nSPS) is 11.3. The van der Waals surface area contributed by atoms with Crippen LogP contribution in [0.25, 0.3) is 10.1 Å². The van der Waals surface area contributed by atoms with Crippen molar-refractivity contribution in [3.63, 3.8) is 0 Å². The van der Waals surface area contributed by atoms with Crippen LogP contribution in [0.1, 0.15) is 18.3 Å². The van der Waals surface area contributed by atoms with E-state index in [4.69, 9.17) is 0 Å². The van der Waals surface area contributed by atoms with Crippen LogP contribution in [0, 0.1) is 0 Å². The van der Waals surface area contributed by atoms with Gasteiger partial charge in [-0.15, -0.1) is 11.3 Å². The first kappa shape index (κ1) is 13.6. The molecule has 0 aromatic carbocycles. The molecule has 0 spiro atoms. The predicted molar refractivity (Wildman–Crippen MR) is 85.5 cm³/mol. The van der Waals surface area contributed by atoms with Gasteiger partial charge in [0.1, 0.15) is 0 Å². The van der Waals surface area contributed by atoms with Crippen LogP contribution in [0.2, 0.25) is 0 Å². The molecule has 0 N–H and O–H groups in total. The summed E-state index contributed by atoms with van der Waals surface area (Å²) in [6, 6.07) is 3.88. The number of hydrogen-bond acceptors (Lipinski definition) is 3. The summed E-state index contributed by atoms with van der Waals surface area (Å²) in [5.74, 6) is 0. The smallest absolute Gasteiger partial charge is 0.259 e. The average Bonchev–Trinajstić information content (AvgIpc) is 3.01. The minimum Gasteiger partial charge on any atom is -0.309 e. The molecule has 0 radical (unpaired) electrons. The van der Waals surface area contributed by atoms with Gasteiger partial charge >= 0.3 is 0 Å². The Morgan fingerprint density at radius 2 is 2.20 bits per heavy atom. The fourth-order valence-electron chi connectivity index (χ4n) is 2.28. The second-order valence-corrected chi connectivity index (χ2v) is 6.37. The van der Waals surface area contributed by atoms with E-state index in [-0.39, 0.29) is 5.56 Å². The minimum atomic E-state index is 0.0508. The molecule has 0 fully saturated rings. The Hall–Kier alpha value is -1.40. The molecule has 4 nitrogen and oxygen atoms in total. The van der Waals surface area contributed by atoms with E-state index in [0.717, 1.165) is 32.4 Å². The first-order valence-corrected chi connectivity index (χ1v) is 8.06. The molecule has 3 rings (SSSR count). The zero-order chi connectivity index (χ0) is 14.3. The second-order valence-electron chi connectivity index (χ2n) is 4.63. The Kier molecular flexibility index (Phi) is 3.52. The van der Waals surface area contributed by atoms with Gasteiger partial charge in [0, 0.05) is 17.9 Å². The monoisotopic (exact) mass is 351 g/mol. The first-order chi connectivity index (χ1) is 9.61. The van der Waals surface area contributed by atoms with Crippen molar-refractivity contribution in [3.05, 3.63) is 49.9 Å². The minimum absolute atomic E-state index is 0.0508. The van der Waals surface area contributed by atoms with Gasteiger partial charge in [-0.3, -0.25) is 9.48 Å². The quantitative estimate of drug-likeness (QED) is 0.726. The maximum atomic E-state index is 12.4. The third-order valence-corrected chi connectivity index (χ3v) is 5.21. The lowest BCUT2D eigenvalue weighted by Gasteiger charge is -2.07. The Balaban J connectivity index is 2.07. The SMILES string of the molecule is CCc1nn(C)c(Cn2ccc3sccc3c2=O)c1Br. The lowest BCUT2D eigenvalue weighted by molar-refractivity contribution is 0.650. The molecule has 20 heavy (non-hydrogen) atoms. The molecule has 0 aliphatic heterocycles. The van der Waals surface area contributed by atoms with Crippen molar-refractivity contribution in [2.45, 2.75) is 19.9 Å². The van der Waals surface area contributed by atoms with Gasteiger partial charge in [-0.2, -0.15) is 5.10 Å². The van der Waals surface area contributed by atoms with Crippen molar-refractivity contribution in [2.24, 2.45) is 7.05 Å². The molecule has 0 bridgehead atoms. The number of pyridine rings is 1. The molecule has 3 heterocycles. The molecule has 0 amide bonds. The second kappa shape index (κ2) is 5.18. The number of halogens is 1. The van der Waals surface area contributed by atoms with Crippen LogP contribution < -0.4 is 5.56 Å². The van der Waals surface area contributed by atoms with Crippen LogP contribution in [0.15, 0.2) is 33.0 Å². The lowest BCUT2D eigenvalue weighted by Crippen LogP contribution is -2.20. The number of fused-ring (bicyclic) bond motifs is 1. The van der Waals surface area contributed by atoms with E-state index >= 15 is 0 Å². The van der Waals surface area contributed by atoms with E-state index in [1.54, 1.807) is 15.9 Å². The largest absolute Gasteiger partial charge is 0.309 e. The number of thiophene rings is 1. The first-order valence-electron chi connectivity index (χ1n) is 6.38. The summed E-state index contributed by atoms with van der Waals surface area (Å²) in [4.78, 5) is 12.4. The molecule has 3 aromatic heterocycles. The van der Waals surface area contributed by atoms with Gasteiger partial charge in [0.15, 0.2) is 0 Å². The fraction of sp³-hybridized carbons (Fsp3) is 0.286. The summed E-state index contributed by atoms with van der Waals surface area (Å²) in [5.41, 5.74) is 2.08. The van der Waals surface area contributed by atoms with Crippen molar-refractivity contribution < 1.29 is 0 Å². The molecule has 0 saturated carbocycles. The molecular weight excluding hydrogens is 338 g/mol. The standard InChI is InChI=1S/C14H14BrN3OS/c1-3-10-13(15)11(17(2)16-10)8-18-6-4-12-9(14(18)19)5-7-20-12/h4-7H,3,8H2,1-2H3. The zero-order valence-electron chi connectivity index (χ0n) is 11.3. The van der Waals surface area contributed by atoms with Crippen LogP contribution in [0.5, 0.6) is 0 Å². The maximum Gasteiger partial charge on any atom is 0.259 e. The van der Waals surface area contributed by atoms with Crippen molar-refractivity contribution >= 4 is 37.4 Å². The lowest BCUT2D eigenvalue weighted by atomic mass is 10.3. The van der Waals surface area contributed by atoms with Gasteiger partial charge in [-0.25, -0.2) is 0 Å². The van der Waals surface area contributed by atoms with Crippen LogP contribution in [0.3, 0.4) is 0 Å². The summed E-state index contributed by atoms with van der Waals surface area (Å²) >= 11 is 5.18. The molecule has 0 aliphatic rings. The highest BCUT2D eigenvalue weighted by Gasteiger charge is 2.14. The highest BCUT2D eigenvalue weighted by Crippen LogP contribution is 2.23. The highest BCUT2D eigenvalue weighted by molar-refractivity contribution is 9.10. The number of aryl methyl sites for hydroxylation is 2. The molecule has 104 valence electrons. The summed E-state index contributed by atoms with van der Waals surface area (Å²) in [5, 5.41) is 7.20. The molecule has 0 atom stereocenters. The van der Waals surface area contributed by atoms with Crippen LogP contribution in [-0.2, 0) is 20.0 Å². The van der Waals surface area contributed by atoms with E-state index in [0.29, 0.717) is 6.54 Å². The Morgan fingerprint density at radius 1 is 1.40 bits per heavy atom. The van der Waals surface area contributed by atoms with E-state index in [1.807, 2.05) is 35.4 Å². The van der Waals surface area contributed by atoms with E-state index in [1.165, 1.54) is 0 Å². The van der Waals surface area contributed by atoms with Gasteiger partial charge < -0.3 is 4.57 Å². The predicted octanol–water partition coefficient (Wildman–Crippen LogP) is 3.17. The Bertz CT molecular complexity index is 831. The van der Waals surface area contributed by atoms with Crippen LogP contribution in [-0.4, -0.2) is 14.3 Å². The van der Waals surface area contributed by atoms with Gasteiger partial charge in [-0.05, 0) is 39.9 Å². The summed E-state index contributed by atoms with van der Waals surface area (Å²) in [7, 11) is 1.91. The van der Waals surface area contributed by atoms with E-state index in [9.17, 15) is 4.79 Å². The summed E-state index contributed by atoms with van der Waals surface area (Å²) in [6.45, 7) is 2.59. The number of aromatic nitrogens is 3. The number of nitrogens with zero attached hydrogens (tertiary/aromatic N) is 3. The number of hydrogen-bond donors (Lipinski definition) is 0. The molecule has 3 aromatic rings. The third-order valence-electron chi connectivity index (χ3n) is 3.42. The molecule has 0 saturated heterocycles. The maximum absolute atomic E-state index is 12.4. The van der Waals surface area contributed by atoms with Crippen molar-refractivity contribution in [1.29, 1.82) is 0 Å². The van der Waals surface area contributed by atoms with Crippen molar-refractivity contribution in [2.75, 3.05) is 0 Å². The fourth-order valence-corrected chi connectivity index (χ4v) is 3.80. The Labute approximate surface area is 128 Å². The van der Waals surface area contributed by atoms with Gasteiger partial charge in [0.2, 0.25) is 0 Å². The number of rotatable bonds is 3. The Morgan fingerprint density at radius 3 is 2.90 bits per heavy atom. The van der Waals surface area contributed by atoms with Gasteiger partial charge in [-0.1, -0.05) is 6.92 Å². The van der Waals surface area contributed by atoms with E-state index < -0.39 is 0 Å². The van der Waals surface area contributed by atoms with Crippen LogP contribution in [0.4, 0.5) is 0 Å². The third kappa shape index (κ3) is 2.13. The molecule has 0 aliphatic carbocycles. The zero-order valence-corrected chi connectivity index (χ0v) is 13.7. The summed E-state index contributed by atoms with van der Waals surface area (Å²) < 4.78 is 5.60. The average molecular weight is 352 g/mol. The van der Waals surface area contributed by atoms with Gasteiger partial charge in [0.25, 0.3) is 5.56 Å². The molecular formula is C14H14BrN3OS. The highest BCUT2D eigenvalue weighted by atomic mass is 79.9. The van der Waals surface area contributed by atoms with Crippen molar-refractivity contribution in [1.82, 2.24) is 14.3 Å².